The number of phenolic OH excluding ortho intramolecular Hbond substituents is 1. The molecule has 0 fully saturated rings. The fraction of sp³-hybridized carbons (Fsp3) is 0.143. The van der Waals surface area contributed by atoms with Gasteiger partial charge in [0.05, 0.1) is 11.9 Å². The first-order chi connectivity index (χ1) is 8.97. The van der Waals surface area contributed by atoms with E-state index in [9.17, 15) is 9.90 Å². The van der Waals surface area contributed by atoms with Gasteiger partial charge in [-0.25, -0.2) is 4.98 Å². The van der Waals surface area contributed by atoms with Gasteiger partial charge in [0.25, 0.3) is 5.91 Å². The topological polar surface area (TPSA) is 88.2 Å². The number of aromatic nitrogens is 1. The van der Waals surface area contributed by atoms with E-state index < -0.39 is 0 Å². The molecule has 98 valence electrons. The first-order valence-corrected chi connectivity index (χ1v) is 5.80. The van der Waals surface area contributed by atoms with E-state index in [-0.39, 0.29) is 11.7 Å². The lowest BCUT2D eigenvalue weighted by atomic mass is 10.1. The molecule has 1 heterocycles. The molecule has 19 heavy (non-hydrogen) atoms. The predicted octanol–water partition coefficient (Wildman–Crippen LogP) is 2.24. The van der Waals surface area contributed by atoms with Crippen LogP contribution in [-0.4, -0.2) is 16.0 Å². The summed E-state index contributed by atoms with van der Waals surface area (Å²) in [7, 11) is 0. The quantitative estimate of drug-likeness (QED) is 0.769. The lowest BCUT2D eigenvalue weighted by molar-refractivity contribution is 0.102. The molecule has 5 nitrogen and oxygen atoms in total. The van der Waals surface area contributed by atoms with Crippen LogP contribution in [0.3, 0.4) is 0 Å². The number of phenols is 1. The van der Waals surface area contributed by atoms with Gasteiger partial charge in [-0.3, -0.25) is 4.79 Å². The average Bonchev–Trinajstić information content (AvgIpc) is 2.36. The van der Waals surface area contributed by atoms with Crippen molar-refractivity contribution < 1.29 is 9.90 Å². The number of nitrogens with zero attached hydrogens (tertiary/aromatic N) is 1. The minimum absolute atomic E-state index is 0.0923. The fourth-order valence-corrected chi connectivity index (χ4v) is 1.66. The van der Waals surface area contributed by atoms with Crippen molar-refractivity contribution in [3.05, 3.63) is 47.2 Å². The molecule has 2 rings (SSSR count). The van der Waals surface area contributed by atoms with Gasteiger partial charge >= 0.3 is 0 Å². The van der Waals surface area contributed by atoms with Crippen molar-refractivity contribution in [3.63, 3.8) is 0 Å². The Balaban J connectivity index is 2.23. The second kappa shape index (κ2) is 4.97. The summed E-state index contributed by atoms with van der Waals surface area (Å²) in [5, 5.41) is 12.3. The zero-order chi connectivity index (χ0) is 14.0. The molecule has 1 aromatic carbocycles. The molecule has 2 aromatic rings. The van der Waals surface area contributed by atoms with Crippen molar-refractivity contribution in [1.82, 2.24) is 4.98 Å². The highest BCUT2D eigenvalue weighted by molar-refractivity contribution is 6.04. The van der Waals surface area contributed by atoms with Crippen LogP contribution in [0, 0.1) is 13.8 Å². The smallest absolute Gasteiger partial charge is 0.256 e. The Kier molecular flexibility index (Phi) is 3.37. The van der Waals surface area contributed by atoms with Gasteiger partial charge in [-0.2, -0.15) is 0 Å². The molecule has 0 bridgehead atoms. The average molecular weight is 257 g/mol. The number of amides is 1. The predicted molar refractivity (Wildman–Crippen MR) is 74.2 cm³/mol. The highest BCUT2D eigenvalue weighted by atomic mass is 16.3. The van der Waals surface area contributed by atoms with Gasteiger partial charge in [0, 0.05) is 5.56 Å². The normalized spacial score (nSPS) is 10.2. The second-order valence-electron chi connectivity index (χ2n) is 4.39. The van der Waals surface area contributed by atoms with Crippen LogP contribution in [0.4, 0.5) is 11.5 Å². The van der Waals surface area contributed by atoms with Crippen LogP contribution in [0.2, 0.25) is 0 Å². The van der Waals surface area contributed by atoms with Gasteiger partial charge in [0.1, 0.15) is 11.6 Å². The van der Waals surface area contributed by atoms with E-state index in [1.807, 2.05) is 6.92 Å². The van der Waals surface area contributed by atoms with Crippen LogP contribution in [0.1, 0.15) is 21.5 Å². The van der Waals surface area contributed by atoms with Crippen LogP contribution in [0.5, 0.6) is 5.75 Å². The number of nitrogens with two attached hydrogens (primary N) is 1. The minimum atomic E-state index is -0.323. The molecular weight excluding hydrogens is 242 g/mol. The van der Waals surface area contributed by atoms with E-state index in [0.717, 1.165) is 11.1 Å². The maximum Gasteiger partial charge on any atom is 0.256 e. The number of nitrogens with one attached hydrogen (secondary N) is 1. The molecule has 5 heteroatoms. The van der Waals surface area contributed by atoms with Crippen LogP contribution in [0.25, 0.3) is 0 Å². The molecule has 0 saturated carbocycles. The molecule has 1 amide bonds. The summed E-state index contributed by atoms with van der Waals surface area (Å²) >= 11 is 0. The van der Waals surface area contributed by atoms with Crippen LogP contribution in [-0.2, 0) is 0 Å². The van der Waals surface area contributed by atoms with Crippen molar-refractivity contribution in [3.8, 4) is 5.75 Å². The summed E-state index contributed by atoms with van der Waals surface area (Å²) in [6.45, 7) is 3.58. The van der Waals surface area contributed by atoms with E-state index in [1.165, 1.54) is 12.3 Å². The molecule has 0 spiro atoms. The number of nitrogen functional groups attached to an aromatic ring is 1. The van der Waals surface area contributed by atoms with Crippen molar-refractivity contribution in [2.45, 2.75) is 13.8 Å². The molecule has 0 aliphatic carbocycles. The summed E-state index contributed by atoms with van der Waals surface area (Å²) in [6.07, 6.45) is 1.48. The largest absolute Gasteiger partial charge is 0.508 e. The molecule has 0 aliphatic rings. The van der Waals surface area contributed by atoms with Gasteiger partial charge in [0.2, 0.25) is 0 Å². The molecule has 0 aliphatic heterocycles. The Labute approximate surface area is 111 Å². The Bertz CT molecular complexity index is 639. The summed E-state index contributed by atoms with van der Waals surface area (Å²) < 4.78 is 0. The van der Waals surface area contributed by atoms with E-state index in [4.69, 9.17) is 5.73 Å². The zero-order valence-corrected chi connectivity index (χ0v) is 10.8. The number of aromatic hydroxyl groups is 1. The minimum Gasteiger partial charge on any atom is -0.508 e. The first-order valence-electron chi connectivity index (χ1n) is 5.80. The van der Waals surface area contributed by atoms with Gasteiger partial charge in [0.15, 0.2) is 0 Å². The highest BCUT2D eigenvalue weighted by Crippen LogP contribution is 2.19. The second-order valence-corrected chi connectivity index (χ2v) is 4.39. The number of anilines is 2. The van der Waals surface area contributed by atoms with Crippen molar-refractivity contribution in [2.75, 3.05) is 11.1 Å². The van der Waals surface area contributed by atoms with Gasteiger partial charge in [-0.05, 0) is 43.2 Å². The highest BCUT2D eigenvalue weighted by Gasteiger charge is 2.10. The Morgan fingerprint density at radius 3 is 2.63 bits per heavy atom. The standard InChI is InChI=1S/C14H15N3O2/c1-8-3-4-10(6-12(8)18)14(19)17-13-9(2)5-11(15)7-16-13/h3-7,18H,15H2,1-2H3,(H,16,17,19). The number of rotatable bonds is 2. The number of pyridine rings is 1. The van der Waals surface area contributed by atoms with Crippen molar-refractivity contribution >= 4 is 17.4 Å². The lowest BCUT2D eigenvalue weighted by Crippen LogP contribution is -2.14. The summed E-state index contributed by atoms with van der Waals surface area (Å²) in [5.41, 5.74) is 8.02. The maximum absolute atomic E-state index is 12.0. The maximum atomic E-state index is 12.0. The molecule has 1 aromatic heterocycles. The van der Waals surface area contributed by atoms with Crippen LogP contribution < -0.4 is 11.1 Å². The lowest BCUT2D eigenvalue weighted by Gasteiger charge is -2.08. The van der Waals surface area contributed by atoms with Crippen molar-refractivity contribution in [2.24, 2.45) is 0 Å². The van der Waals surface area contributed by atoms with E-state index >= 15 is 0 Å². The molecular formula is C14H15N3O2. The zero-order valence-electron chi connectivity index (χ0n) is 10.8. The summed E-state index contributed by atoms with van der Waals surface area (Å²) in [6, 6.07) is 6.50. The molecule has 0 radical (unpaired) electrons. The number of benzene rings is 1. The molecule has 0 saturated heterocycles. The number of hydrogen-bond acceptors (Lipinski definition) is 4. The third-order valence-electron chi connectivity index (χ3n) is 2.80. The summed E-state index contributed by atoms with van der Waals surface area (Å²) in [5.74, 6) is 0.226. The third-order valence-corrected chi connectivity index (χ3v) is 2.80. The number of carbonyl (C=O) groups excluding carboxylic acids is 1. The number of aryl methyl sites for hydroxylation is 2. The Morgan fingerprint density at radius 2 is 2.00 bits per heavy atom. The fourth-order valence-electron chi connectivity index (χ4n) is 1.66. The number of hydrogen-bond donors (Lipinski definition) is 3. The van der Waals surface area contributed by atoms with E-state index in [0.29, 0.717) is 17.1 Å². The molecule has 4 N–H and O–H groups in total. The number of carbonyl (C=O) groups is 1. The van der Waals surface area contributed by atoms with Crippen LogP contribution >= 0.6 is 0 Å². The van der Waals surface area contributed by atoms with Gasteiger partial charge in [-0.15, -0.1) is 0 Å². The summed E-state index contributed by atoms with van der Waals surface area (Å²) in [4.78, 5) is 16.1. The van der Waals surface area contributed by atoms with Gasteiger partial charge in [-0.1, -0.05) is 6.07 Å². The van der Waals surface area contributed by atoms with Crippen molar-refractivity contribution in [1.29, 1.82) is 0 Å². The SMILES string of the molecule is Cc1ccc(C(=O)Nc2ncc(N)cc2C)cc1O. The Hall–Kier alpha value is -2.56. The van der Waals surface area contributed by atoms with E-state index in [1.54, 1.807) is 25.1 Å². The first kappa shape index (κ1) is 12.9. The third kappa shape index (κ3) is 2.82. The molecule has 0 atom stereocenters. The molecule has 0 unspecified atom stereocenters. The Morgan fingerprint density at radius 1 is 1.26 bits per heavy atom. The van der Waals surface area contributed by atoms with Crippen LogP contribution in [0.15, 0.2) is 30.5 Å². The van der Waals surface area contributed by atoms with Gasteiger partial charge < -0.3 is 16.2 Å². The monoisotopic (exact) mass is 257 g/mol. The van der Waals surface area contributed by atoms with E-state index in [2.05, 4.69) is 10.3 Å².